The number of aliphatic hydroxyl groups is 2. The number of aliphatic hydroxyl groups excluding tert-OH is 2. The molecule has 0 radical (unpaired) electrons. The second-order valence-corrected chi connectivity index (χ2v) is 6.01. The molecular formula is C16H25N3O4. The average molecular weight is 323 g/mol. The van der Waals surface area contributed by atoms with Gasteiger partial charge in [-0.25, -0.2) is 0 Å². The Morgan fingerprint density at radius 2 is 1.96 bits per heavy atom. The van der Waals surface area contributed by atoms with Gasteiger partial charge in [-0.15, -0.1) is 0 Å². The molecule has 7 nitrogen and oxygen atoms in total. The van der Waals surface area contributed by atoms with Crippen molar-refractivity contribution in [2.75, 3.05) is 19.7 Å². The van der Waals surface area contributed by atoms with Gasteiger partial charge >= 0.3 is 0 Å². The predicted octanol–water partition coefficient (Wildman–Crippen LogP) is -0.374. The Labute approximate surface area is 136 Å². The number of rotatable bonds is 9. The third-order valence-corrected chi connectivity index (χ3v) is 3.48. The van der Waals surface area contributed by atoms with Crippen LogP contribution in [0.2, 0.25) is 0 Å². The van der Waals surface area contributed by atoms with Crippen LogP contribution >= 0.6 is 0 Å². The van der Waals surface area contributed by atoms with Crippen LogP contribution in [-0.4, -0.2) is 52.8 Å². The fourth-order valence-electron chi connectivity index (χ4n) is 1.80. The predicted molar refractivity (Wildman–Crippen MR) is 85.5 cm³/mol. The molecule has 1 aromatic heterocycles. The Morgan fingerprint density at radius 3 is 2.57 bits per heavy atom. The lowest BCUT2D eigenvalue weighted by molar-refractivity contribution is -0.137. The summed E-state index contributed by atoms with van der Waals surface area (Å²) in [5, 5.41) is 24.1. The van der Waals surface area contributed by atoms with Crippen LogP contribution in [0.3, 0.4) is 0 Å². The van der Waals surface area contributed by atoms with Crippen LogP contribution < -0.4 is 10.6 Å². The van der Waals surface area contributed by atoms with Gasteiger partial charge in [0.05, 0.1) is 6.61 Å². The molecule has 1 atom stereocenters. The zero-order chi connectivity index (χ0) is 17.3. The first-order valence-corrected chi connectivity index (χ1v) is 7.60. The van der Waals surface area contributed by atoms with E-state index in [4.69, 9.17) is 5.11 Å². The Bertz CT molecular complexity index is 505. The van der Waals surface area contributed by atoms with Crippen molar-refractivity contribution in [2.24, 2.45) is 5.41 Å². The summed E-state index contributed by atoms with van der Waals surface area (Å²) in [6.07, 6.45) is 1.27. The molecule has 23 heavy (non-hydrogen) atoms. The van der Waals surface area contributed by atoms with Gasteiger partial charge in [0.15, 0.2) is 0 Å². The van der Waals surface area contributed by atoms with Crippen molar-refractivity contribution in [1.29, 1.82) is 0 Å². The first-order valence-electron chi connectivity index (χ1n) is 7.60. The highest BCUT2D eigenvalue weighted by molar-refractivity contribution is 5.81. The third-order valence-electron chi connectivity index (χ3n) is 3.48. The highest BCUT2D eigenvalue weighted by Gasteiger charge is 2.32. The summed E-state index contributed by atoms with van der Waals surface area (Å²) in [5.74, 6) is -0.687. The van der Waals surface area contributed by atoms with Gasteiger partial charge in [-0.2, -0.15) is 0 Å². The first kappa shape index (κ1) is 19.1. The summed E-state index contributed by atoms with van der Waals surface area (Å²) in [7, 11) is 0. The molecule has 0 aliphatic rings. The Kier molecular flexibility index (Phi) is 7.64. The summed E-state index contributed by atoms with van der Waals surface area (Å²) in [4.78, 5) is 27.5. The summed E-state index contributed by atoms with van der Waals surface area (Å²) in [6, 6.07) is 5.55. The molecule has 1 aromatic rings. The maximum atomic E-state index is 11.7. The van der Waals surface area contributed by atoms with Crippen LogP contribution in [0.5, 0.6) is 0 Å². The Hall–Kier alpha value is -1.99. The monoisotopic (exact) mass is 323 g/mol. The number of nitrogens with zero attached hydrogens (tertiary/aromatic N) is 1. The van der Waals surface area contributed by atoms with Crippen molar-refractivity contribution < 1.29 is 19.8 Å². The smallest absolute Gasteiger partial charge is 0.249 e. The maximum Gasteiger partial charge on any atom is 0.249 e. The minimum absolute atomic E-state index is 0.124. The van der Waals surface area contributed by atoms with Gasteiger partial charge in [0.25, 0.3) is 0 Å². The molecule has 0 saturated heterocycles. The fraction of sp³-hybridized carbons (Fsp3) is 0.562. The molecule has 0 saturated carbocycles. The third kappa shape index (κ3) is 6.75. The van der Waals surface area contributed by atoms with Crippen LogP contribution in [-0.2, 0) is 16.0 Å². The second-order valence-electron chi connectivity index (χ2n) is 6.01. The van der Waals surface area contributed by atoms with Gasteiger partial charge in [-0.05, 0) is 18.6 Å². The van der Waals surface area contributed by atoms with E-state index in [0.29, 0.717) is 12.8 Å². The summed E-state index contributed by atoms with van der Waals surface area (Å²) >= 11 is 0. The molecule has 1 heterocycles. The number of carbonyl (C=O) groups excluding carboxylic acids is 2. The van der Waals surface area contributed by atoms with Gasteiger partial charge in [0.2, 0.25) is 11.8 Å². The SMILES string of the molecule is CC(C)(CO)[C@@H](O)C(=O)NCCNC(=O)CCc1ccccn1. The summed E-state index contributed by atoms with van der Waals surface area (Å²) in [5.41, 5.74) is -0.0546. The normalized spacial score (nSPS) is 12.5. The molecule has 128 valence electrons. The largest absolute Gasteiger partial charge is 0.396 e. The van der Waals surface area contributed by atoms with Crippen LogP contribution in [0.4, 0.5) is 0 Å². The highest BCUT2D eigenvalue weighted by Crippen LogP contribution is 2.19. The molecule has 0 aliphatic carbocycles. The molecular weight excluding hydrogens is 298 g/mol. The highest BCUT2D eigenvalue weighted by atomic mass is 16.3. The standard InChI is InChI=1S/C16H25N3O4/c1-16(2,11-20)14(22)15(23)19-10-9-18-13(21)7-6-12-5-3-4-8-17-12/h3-5,8,14,20,22H,6-7,9-11H2,1-2H3,(H,18,21)(H,19,23)/t14-/m0/s1. The quantitative estimate of drug-likeness (QED) is 0.463. The Morgan fingerprint density at radius 1 is 1.26 bits per heavy atom. The van der Waals surface area contributed by atoms with E-state index in [-0.39, 0.29) is 25.6 Å². The zero-order valence-electron chi connectivity index (χ0n) is 13.6. The van der Waals surface area contributed by atoms with Crippen molar-refractivity contribution in [2.45, 2.75) is 32.8 Å². The number of pyridine rings is 1. The van der Waals surface area contributed by atoms with Gasteiger partial charge in [-0.3, -0.25) is 14.6 Å². The molecule has 4 N–H and O–H groups in total. The number of hydrogen-bond donors (Lipinski definition) is 4. The molecule has 2 amide bonds. The van der Waals surface area contributed by atoms with Crippen molar-refractivity contribution in [3.8, 4) is 0 Å². The molecule has 0 aromatic carbocycles. The van der Waals surface area contributed by atoms with E-state index in [1.807, 2.05) is 18.2 Å². The van der Waals surface area contributed by atoms with Crippen LogP contribution in [0.25, 0.3) is 0 Å². The second kappa shape index (κ2) is 9.22. The zero-order valence-corrected chi connectivity index (χ0v) is 13.6. The minimum atomic E-state index is -1.30. The average Bonchev–Trinajstić information content (AvgIpc) is 2.56. The summed E-state index contributed by atoms with van der Waals surface area (Å²) < 4.78 is 0. The number of hydrogen-bond acceptors (Lipinski definition) is 5. The molecule has 1 rings (SSSR count). The molecule has 7 heteroatoms. The number of aryl methyl sites for hydroxylation is 1. The van der Waals surface area contributed by atoms with Gasteiger partial charge in [0, 0.05) is 36.8 Å². The van der Waals surface area contributed by atoms with Crippen LogP contribution in [0, 0.1) is 5.41 Å². The molecule has 0 fully saturated rings. The van der Waals surface area contributed by atoms with Crippen molar-refractivity contribution in [3.05, 3.63) is 30.1 Å². The summed E-state index contributed by atoms with van der Waals surface area (Å²) in [6.45, 7) is 3.38. The first-order chi connectivity index (χ1) is 10.9. The van der Waals surface area contributed by atoms with Crippen molar-refractivity contribution in [1.82, 2.24) is 15.6 Å². The van der Waals surface area contributed by atoms with E-state index < -0.39 is 17.4 Å². The number of carbonyl (C=O) groups is 2. The van der Waals surface area contributed by atoms with E-state index >= 15 is 0 Å². The van der Waals surface area contributed by atoms with Crippen molar-refractivity contribution >= 4 is 11.8 Å². The molecule has 0 unspecified atom stereocenters. The fourth-order valence-corrected chi connectivity index (χ4v) is 1.80. The van der Waals surface area contributed by atoms with E-state index in [2.05, 4.69) is 15.6 Å². The minimum Gasteiger partial charge on any atom is -0.396 e. The van der Waals surface area contributed by atoms with Gasteiger partial charge in [0.1, 0.15) is 6.10 Å². The van der Waals surface area contributed by atoms with E-state index in [1.54, 1.807) is 20.0 Å². The maximum absolute atomic E-state index is 11.7. The van der Waals surface area contributed by atoms with Gasteiger partial charge in [-0.1, -0.05) is 19.9 Å². The van der Waals surface area contributed by atoms with Crippen LogP contribution in [0.15, 0.2) is 24.4 Å². The molecule has 0 bridgehead atoms. The number of amides is 2. The lowest BCUT2D eigenvalue weighted by Crippen LogP contribution is -2.47. The van der Waals surface area contributed by atoms with E-state index in [9.17, 15) is 14.7 Å². The lowest BCUT2D eigenvalue weighted by Gasteiger charge is -2.27. The lowest BCUT2D eigenvalue weighted by atomic mass is 9.87. The number of aromatic nitrogens is 1. The van der Waals surface area contributed by atoms with Crippen molar-refractivity contribution in [3.63, 3.8) is 0 Å². The topological polar surface area (TPSA) is 112 Å². The van der Waals surface area contributed by atoms with E-state index in [1.165, 1.54) is 0 Å². The van der Waals surface area contributed by atoms with Gasteiger partial charge < -0.3 is 20.8 Å². The number of nitrogens with one attached hydrogen (secondary N) is 2. The molecule has 0 spiro atoms. The van der Waals surface area contributed by atoms with E-state index in [0.717, 1.165) is 5.69 Å². The van der Waals surface area contributed by atoms with Crippen LogP contribution in [0.1, 0.15) is 26.0 Å². The molecule has 0 aliphatic heterocycles. The Balaban J connectivity index is 2.19.